The number of ether oxygens (including phenoxy) is 2. The molecule has 0 bridgehead atoms. The van der Waals surface area contributed by atoms with Gasteiger partial charge in [-0.25, -0.2) is 9.18 Å². The van der Waals surface area contributed by atoms with Crippen molar-refractivity contribution in [2.45, 2.75) is 13.5 Å². The molecule has 0 spiro atoms. The molecule has 3 aromatic rings. The van der Waals surface area contributed by atoms with Gasteiger partial charge in [-0.2, -0.15) is 0 Å². The van der Waals surface area contributed by atoms with Crippen LogP contribution in [0.5, 0.6) is 5.75 Å². The number of nitrogens with one attached hydrogen (secondary N) is 1. The van der Waals surface area contributed by atoms with Gasteiger partial charge in [0, 0.05) is 21.3 Å². The zero-order valence-corrected chi connectivity index (χ0v) is 24.1. The van der Waals surface area contributed by atoms with E-state index in [1.165, 1.54) is 30.3 Å². The van der Waals surface area contributed by atoms with E-state index in [9.17, 15) is 23.6 Å². The summed E-state index contributed by atoms with van der Waals surface area (Å²) in [7, 11) is 0. The summed E-state index contributed by atoms with van der Waals surface area (Å²) in [5.74, 6) is -2.00. The Bertz CT molecular complexity index is 1530. The fourth-order valence-corrected chi connectivity index (χ4v) is 5.03. The Hall–Kier alpha value is -3.67. The number of esters is 1. The van der Waals surface area contributed by atoms with Gasteiger partial charge in [0.1, 0.15) is 24.7 Å². The summed E-state index contributed by atoms with van der Waals surface area (Å²) in [6, 6.07) is 15.5. The number of carbonyl (C=O) groups is 4. The van der Waals surface area contributed by atoms with Gasteiger partial charge < -0.3 is 14.8 Å². The molecule has 1 aliphatic heterocycles. The van der Waals surface area contributed by atoms with Crippen molar-refractivity contribution < 1.29 is 33.0 Å². The van der Waals surface area contributed by atoms with E-state index in [2.05, 4.69) is 21.2 Å². The highest BCUT2D eigenvalue weighted by atomic mass is 79.9. The third kappa shape index (κ3) is 7.09. The van der Waals surface area contributed by atoms with Crippen LogP contribution in [-0.2, 0) is 20.9 Å². The molecule has 3 amide bonds. The largest absolute Gasteiger partial charge is 0.488 e. The van der Waals surface area contributed by atoms with Gasteiger partial charge in [0.25, 0.3) is 11.1 Å². The lowest BCUT2D eigenvalue weighted by atomic mass is 10.1. The van der Waals surface area contributed by atoms with Crippen LogP contribution in [0.3, 0.4) is 0 Å². The Morgan fingerprint density at radius 3 is 2.65 bits per heavy atom. The smallest absolute Gasteiger partial charge is 0.339 e. The predicted molar refractivity (Wildman–Crippen MR) is 154 cm³/mol. The molecule has 206 valence electrons. The third-order valence-electron chi connectivity index (χ3n) is 5.52. The van der Waals surface area contributed by atoms with Crippen LogP contribution in [0, 0.1) is 5.82 Å². The Morgan fingerprint density at radius 2 is 1.90 bits per heavy atom. The molecule has 1 saturated heterocycles. The SMILES string of the molecule is CCOC(=O)c1cc(NC(=O)CN2C(=O)S/C(=C\c3cc(Br)ccc3OCc3ccccc3F)C2=O)ccc1Cl. The monoisotopic (exact) mass is 646 g/mol. The number of halogens is 3. The quantitative estimate of drug-likeness (QED) is 0.204. The van der Waals surface area contributed by atoms with E-state index >= 15 is 0 Å². The van der Waals surface area contributed by atoms with Gasteiger partial charge >= 0.3 is 5.97 Å². The first-order valence-corrected chi connectivity index (χ1v) is 13.8. The molecule has 1 N–H and O–H groups in total. The summed E-state index contributed by atoms with van der Waals surface area (Å²) < 4.78 is 25.5. The molecule has 1 heterocycles. The van der Waals surface area contributed by atoms with Crippen LogP contribution >= 0.6 is 39.3 Å². The lowest BCUT2D eigenvalue weighted by molar-refractivity contribution is -0.127. The van der Waals surface area contributed by atoms with Crippen LogP contribution < -0.4 is 10.1 Å². The van der Waals surface area contributed by atoms with E-state index in [0.29, 0.717) is 33.1 Å². The molecule has 0 aliphatic carbocycles. The van der Waals surface area contributed by atoms with Crippen molar-refractivity contribution in [3.05, 3.63) is 97.6 Å². The maximum Gasteiger partial charge on any atom is 0.339 e. The van der Waals surface area contributed by atoms with Crippen molar-refractivity contribution in [1.82, 2.24) is 4.90 Å². The van der Waals surface area contributed by atoms with Gasteiger partial charge in [0.05, 0.1) is 22.1 Å². The molecular formula is C28H21BrClFN2O6S. The maximum atomic E-state index is 14.0. The molecule has 3 aromatic carbocycles. The Kier molecular flexibility index (Phi) is 9.62. The standard InChI is InChI=1S/C28H21BrClFN2O6S/c1-2-38-27(36)20-13-19(8-9-21(20)30)32-25(34)14-33-26(35)24(40-28(33)37)12-17-11-18(29)7-10-23(17)39-15-16-5-3-4-6-22(16)31/h3-13H,2,14-15H2,1H3,(H,32,34)/b24-12-. The summed E-state index contributed by atoms with van der Waals surface area (Å²) >= 11 is 10.1. The molecule has 4 rings (SSSR count). The fourth-order valence-electron chi connectivity index (χ4n) is 3.62. The lowest BCUT2D eigenvalue weighted by Gasteiger charge is -2.13. The van der Waals surface area contributed by atoms with Crippen LogP contribution in [0.1, 0.15) is 28.4 Å². The number of rotatable bonds is 9. The molecule has 8 nitrogen and oxygen atoms in total. The Balaban J connectivity index is 1.47. The average Bonchev–Trinajstić information content (AvgIpc) is 3.17. The van der Waals surface area contributed by atoms with Crippen LogP contribution in [0.2, 0.25) is 5.02 Å². The number of benzene rings is 3. The first-order chi connectivity index (χ1) is 19.2. The number of thioether (sulfide) groups is 1. The minimum absolute atomic E-state index is 0.0423. The molecule has 0 unspecified atom stereocenters. The number of amides is 3. The van der Waals surface area contributed by atoms with Gasteiger partial charge in [0.2, 0.25) is 5.91 Å². The van der Waals surface area contributed by atoms with Gasteiger partial charge in [-0.3, -0.25) is 19.3 Å². The molecule has 0 radical (unpaired) electrons. The minimum Gasteiger partial charge on any atom is -0.488 e. The highest BCUT2D eigenvalue weighted by molar-refractivity contribution is 9.10. The van der Waals surface area contributed by atoms with Gasteiger partial charge in [-0.1, -0.05) is 45.7 Å². The average molecular weight is 648 g/mol. The lowest BCUT2D eigenvalue weighted by Crippen LogP contribution is -2.36. The zero-order chi connectivity index (χ0) is 28.8. The zero-order valence-electron chi connectivity index (χ0n) is 20.9. The number of nitrogens with zero attached hydrogens (tertiary/aromatic N) is 1. The van der Waals surface area contributed by atoms with Crippen molar-refractivity contribution in [3.63, 3.8) is 0 Å². The van der Waals surface area contributed by atoms with Gasteiger partial charge in [-0.05, 0) is 67.2 Å². The topological polar surface area (TPSA) is 102 Å². The second-order valence-electron chi connectivity index (χ2n) is 8.29. The number of carbonyl (C=O) groups excluding carboxylic acids is 4. The predicted octanol–water partition coefficient (Wildman–Crippen LogP) is 6.67. The van der Waals surface area contributed by atoms with Crippen molar-refractivity contribution in [2.24, 2.45) is 0 Å². The molecule has 12 heteroatoms. The molecule has 1 aliphatic rings. The molecule has 1 fully saturated rings. The summed E-state index contributed by atoms with van der Waals surface area (Å²) in [6.45, 7) is 1.21. The number of anilines is 1. The summed E-state index contributed by atoms with van der Waals surface area (Å²) in [5, 5.41) is 2.08. The highest BCUT2D eigenvalue weighted by Crippen LogP contribution is 2.35. The van der Waals surface area contributed by atoms with Crippen LogP contribution in [0.4, 0.5) is 14.9 Å². The second kappa shape index (κ2) is 13.1. The Labute approximate surface area is 246 Å². The third-order valence-corrected chi connectivity index (χ3v) is 7.25. The van der Waals surface area contributed by atoms with Crippen molar-refractivity contribution in [2.75, 3.05) is 18.5 Å². The van der Waals surface area contributed by atoms with Crippen LogP contribution in [0.15, 0.2) is 70.0 Å². The van der Waals surface area contributed by atoms with Crippen molar-refractivity contribution >= 4 is 74.1 Å². The van der Waals surface area contributed by atoms with E-state index in [-0.39, 0.29) is 34.4 Å². The molecule has 0 atom stereocenters. The summed E-state index contributed by atoms with van der Waals surface area (Å²) in [6.07, 6.45) is 1.48. The van der Waals surface area contributed by atoms with Gasteiger partial charge in [-0.15, -0.1) is 0 Å². The normalized spacial score (nSPS) is 14.0. The number of hydrogen-bond donors (Lipinski definition) is 1. The van der Waals surface area contributed by atoms with E-state index in [1.54, 1.807) is 43.3 Å². The van der Waals surface area contributed by atoms with Crippen molar-refractivity contribution in [3.8, 4) is 5.75 Å². The molecular weight excluding hydrogens is 627 g/mol. The minimum atomic E-state index is -0.659. The first kappa shape index (κ1) is 29.3. The highest BCUT2D eigenvalue weighted by Gasteiger charge is 2.36. The summed E-state index contributed by atoms with van der Waals surface area (Å²) in [5.41, 5.74) is 1.15. The van der Waals surface area contributed by atoms with Crippen molar-refractivity contribution in [1.29, 1.82) is 0 Å². The molecule has 40 heavy (non-hydrogen) atoms. The number of hydrogen-bond acceptors (Lipinski definition) is 7. The molecule has 0 aromatic heterocycles. The second-order valence-corrected chi connectivity index (χ2v) is 10.6. The van der Waals surface area contributed by atoms with Gasteiger partial charge in [0.15, 0.2) is 0 Å². The van der Waals surface area contributed by atoms with E-state index in [0.717, 1.165) is 4.90 Å². The molecule has 0 saturated carbocycles. The maximum absolute atomic E-state index is 14.0. The Morgan fingerprint density at radius 1 is 1.12 bits per heavy atom. The van der Waals surface area contributed by atoms with E-state index < -0.39 is 35.4 Å². The van der Waals surface area contributed by atoms with E-state index in [1.807, 2.05) is 0 Å². The summed E-state index contributed by atoms with van der Waals surface area (Å²) in [4.78, 5) is 51.3. The van der Waals surface area contributed by atoms with Crippen LogP contribution in [0.25, 0.3) is 6.08 Å². The fraction of sp³-hybridized carbons (Fsp3) is 0.143. The first-order valence-electron chi connectivity index (χ1n) is 11.8. The number of imide groups is 1. The van der Waals surface area contributed by atoms with E-state index in [4.69, 9.17) is 21.1 Å². The van der Waals surface area contributed by atoms with Crippen LogP contribution in [-0.4, -0.2) is 41.1 Å².